The van der Waals surface area contributed by atoms with Crippen LogP contribution in [0.25, 0.3) is 0 Å². The van der Waals surface area contributed by atoms with Gasteiger partial charge in [-0.1, -0.05) is 60.7 Å². The summed E-state index contributed by atoms with van der Waals surface area (Å²) >= 11 is 0. The van der Waals surface area contributed by atoms with Crippen molar-refractivity contribution in [2.24, 2.45) is 0 Å². The predicted octanol–water partition coefficient (Wildman–Crippen LogP) is 4.15. The highest BCUT2D eigenvalue weighted by Gasteiger charge is 2.16. The van der Waals surface area contributed by atoms with Gasteiger partial charge in [-0.15, -0.1) is 0 Å². The second-order valence-corrected chi connectivity index (χ2v) is 5.49. The van der Waals surface area contributed by atoms with Crippen molar-refractivity contribution < 1.29 is 9.21 Å². The molecule has 0 spiro atoms. The molecule has 3 heteroatoms. The van der Waals surface area contributed by atoms with E-state index in [0.717, 1.165) is 5.76 Å². The maximum absolute atomic E-state index is 12.2. The highest BCUT2D eigenvalue weighted by Crippen LogP contribution is 2.23. The van der Waals surface area contributed by atoms with E-state index in [1.807, 2.05) is 43.3 Å². The Morgan fingerprint density at radius 2 is 1.48 bits per heavy atom. The van der Waals surface area contributed by atoms with Crippen molar-refractivity contribution in [1.29, 1.82) is 0 Å². The van der Waals surface area contributed by atoms with Crippen LogP contribution in [0.3, 0.4) is 0 Å². The number of hydrogen-bond acceptors (Lipinski definition) is 2. The molecule has 0 aliphatic carbocycles. The molecule has 0 saturated heterocycles. The van der Waals surface area contributed by atoms with Gasteiger partial charge in [-0.3, -0.25) is 4.79 Å². The minimum atomic E-state index is -0.185. The number of aryl methyl sites for hydroxylation is 1. The van der Waals surface area contributed by atoms with E-state index < -0.39 is 0 Å². The quantitative estimate of drug-likeness (QED) is 0.769. The fourth-order valence-electron chi connectivity index (χ4n) is 2.64. The van der Waals surface area contributed by atoms with Crippen molar-refractivity contribution in [3.63, 3.8) is 0 Å². The van der Waals surface area contributed by atoms with Gasteiger partial charge in [0, 0.05) is 12.5 Å². The van der Waals surface area contributed by atoms with E-state index in [2.05, 4.69) is 29.6 Å². The zero-order valence-corrected chi connectivity index (χ0v) is 13.0. The number of nitrogens with one attached hydrogen (secondary N) is 1. The summed E-state index contributed by atoms with van der Waals surface area (Å²) in [6, 6.07) is 23.9. The molecule has 1 heterocycles. The smallest absolute Gasteiger partial charge is 0.287 e. The van der Waals surface area contributed by atoms with Crippen LogP contribution in [0.5, 0.6) is 0 Å². The maximum atomic E-state index is 12.2. The van der Waals surface area contributed by atoms with Crippen LogP contribution in [0, 0.1) is 6.92 Å². The lowest BCUT2D eigenvalue weighted by molar-refractivity contribution is 0.0923. The molecule has 1 N–H and O–H groups in total. The van der Waals surface area contributed by atoms with Crippen LogP contribution in [0.15, 0.2) is 77.2 Å². The van der Waals surface area contributed by atoms with Gasteiger partial charge in [0.05, 0.1) is 0 Å². The van der Waals surface area contributed by atoms with Crippen molar-refractivity contribution in [1.82, 2.24) is 5.32 Å². The Morgan fingerprint density at radius 1 is 0.913 bits per heavy atom. The molecule has 0 bridgehead atoms. The first-order valence-electron chi connectivity index (χ1n) is 7.68. The lowest BCUT2D eigenvalue weighted by atomic mass is 9.91. The molecular formula is C20H19NO2. The fourth-order valence-corrected chi connectivity index (χ4v) is 2.64. The molecular weight excluding hydrogens is 286 g/mol. The second kappa shape index (κ2) is 6.97. The Labute approximate surface area is 136 Å². The zero-order chi connectivity index (χ0) is 16.1. The molecule has 0 fully saturated rings. The van der Waals surface area contributed by atoms with Gasteiger partial charge in [-0.25, -0.2) is 0 Å². The molecule has 1 amide bonds. The van der Waals surface area contributed by atoms with Crippen LogP contribution in [0.4, 0.5) is 0 Å². The van der Waals surface area contributed by atoms with Crippen LogP contribution in [0.1, 0.15) is 33.4 Å². The average molecular weight is 305 g/mol. The van der Waals surface area contributed by atoms with Crippen molar-refractivity contribution >= 4 is 5.91 Å². The van der Waals surface area contributed by atoms with E-state index in [-0.39, 0.29) is 11.8 Å². The van der Waals surface area contributed by atoms with Gasteiger partial charge in [0.25, 0.3) is 5.91 Å². The van der Waals surface area contributed by atoms with Crippen LogP contribution in [0.2, 0.25) is 0 Å². The molecule has 1 aromatic heterocycles. The zero-order valence-electron chi connectivity index (χ0n) is 13.0. The van der Waals surface area contributed by atoms with E-state index >= 15 is 0 Å². The monoisotopic (exact) mass is 305 g/mol. The van der Waals surface area contributed by atoms with Gasteiger partial charge in [0.2, 0.25) is 0 Å². The number of rotatable bonds is 5. The van der Waals surface area contributed by atoms with E-state index in [1.54, 1.807) is 12.1 Å². The molecule has 2 aromatic carbocycles. The van der Waals surface area contributed by atoms with Crippen molar-refractivity contribution in [3.8, 4) is 0 Å². The summed E-state index contributed by atoms with van der Waals surface area (Å²) in [5.74, 6) is 1.01. The van der Waals surface area contributed by atoms with E-state index in [4.69, 9.17) is 4.42 Å². The topological polar surface area (TPSA) is 42.2 Å². The molecule has 0 saturated carbocycles. The van der Waals surface area contributed by atoms with Gasteiger partial charge in [-0.05, 0) is 30.2 Å². The summed E-state index contributed by atoms with van der Waals surface area (Å²) in [5.41, 5.74) is 2.35. The lowest BCUT2D eigenvalue weighted by Gasteiger charge is -2.18. The number of benzene rings is 2. The normalized spacial score (nSPS) is 10.7. The molecule has 0 aliphatic heterocycles. The summed E-state index contributed by atoms with van der Waals surface area (Å²) in [7, 11) is 0. The first-order valence-corrected chi connectivity index (χ1v) is 7.68. The molecule has 0 atom stereocenters. The number of amides is 1. The highest BCUT2D eigenvalue weighted by molar-refractivity contribution is 5.91. The Hall–Kier alpha value is -2.81. The van der Waals surface area contributed by atoms with Gasteiger partial charge in [0.1, 0.15) is 5.76 Å². The lowest BCUT2D eigenvalue weighted by Crippen LogP contribution is -2.28. The Morgan fingerprint density at radius 3 is 1.96 bits per heavy atom. The minimum Gasteiger partial charge on any atom is -0.456 e. The molecule has 0 aliphatic rings. The van der Waals surface area contributed by atoms with Crippen molar-refractivity contribution in [2.45, 2.75) is 12.8 Å². The Balaban J connectivity index is 1.78. The standard InChI is InChI=1S/C20H19NO2/c1-15-12-13-19(23-15)20(22)21-14-18(16-8-4-2-5-9-16)17-10-6-3-7-11-17/h2-13,18H,14H2,1H3,(H,21,22). The minimum absolute atomic E-state index is 0.109. The summed E-state index contributed by atoms with van der Waals surface area (Å²) in [4.78, 5) is 12.2. The summed E-state index contributed by atoms with van der Waals surface area (Å²) in [5, 5.41) is 2.98. The predicted molar refractivity (Wildman–Crippen MR) is 90.5 cm³/mol. The molecule has 3 nitrogen and oxygen atoms in total. The van der Waals surface area contributed by atoms with Gasteiger partial charge in [0.15, 0.2) is 5.76 Å². The summed E-state index contributed by atoms with van der Waals surface area (Å²) in [6.45, 7) is 2.35. The number of furan rings is 1. The maximum Gasteiger partial charge on any atom is 0.287 e. The molecule has 0 radical (unpaired) electrons. The fraction of sp³-hybridized carbons (Fsp3) is 0.150. The molecule has 3 rings (SSSR count). The molecule has 116 valence electrons. The Bertz CT molecular complexity index is 723. The van der Waals surface area contributed by atoms with Crippen molar-refractivity contribution in [2.75, 3.05) is 6.54 Å². The average Bonchev–Trinajstić information content (AvgIpc) is 3.03. The van der Waals surface area contributed by atoms with Gasteiger partial charge in [-0.2, -0.15) is 0 Å². The second-order valence-electron chi connectivity index (χ2n) is 5.49. The Kier molecular flexibility index (Phi) is 4.57. The van der Waals surface area contributed by atoms with Gasteiger partial charge < -0.3 is 9.73 Å². The van der Waals surface area contributed by atoms with Crippen LogP contribution >= 0.6 is 0 Å². The first kappa shape index (κ1) is 15.1. The van der Waals surface area contributed by atoms with E-state index in [0.29, 0.717) is 12.3 Å². The van der Waals surface area contributed by atoms with Crippen LogP contribution in [-0.4, -0.2) is 12.5 Å². The molecule has 3 aromatic rings. The molecule has 23 heavy (non-hydrogen) atoms. The first-order chi connectivity index (χ1) is 11.2. The summed E-state index contributed by atoms with van der Waals surface area (Å²) < 4.78 is 5.38. The largest absolute Gasteiger partial charge is 0.456 e. The SMILES string of the molecule is Cc1ccc(C(=O)NCC(c2ccccc2)c2ccccc2)o1. The number of hydrogen-bond donors (Lipinski definition) is 1. The number of carbonyl (C=O) groups is 1. The van der Waals surface area contributed by atoms with E-state index in [1.165, 1.54) is 11.1 Å². The highest BCUT2D eigenvalue weighted by atomic mass is 16.3. The number of carbonyl (C=O) groups excluding carboxylic acids is 1. The van der Waals surface area contributed by atoms with Crippen LogP contribution < -0.4 is 5.32 Å². The third kappa shape index (κ3) is 3.69. The molecule has 0 unspecified atom stereocenters. The third-order valence-corrected chi connectivity index (χ3v) is 3.83. The third-order valence-electron chi connectivity index (χ3n) is 3.83. The van der Waals surface area contributed by atoms with Crippen LogP contribution in [-0.2, 0) is 0 Å². The van der Waals surface area contributed by atoms with E-state index in [9.17, 15) is 4.79 Å². The van der Waals surface area contributed by atoms with Crippen molar-refractivity contribution in [3.05, 3.63) is 95.4 Å². The summed E-state index contributed by atoms with van der Waals surface area (Å²) in [6.07, 6.45) is 0. The van der Waals surface area contributed by atoms with Gasteiger partial charge >= 0.3 is 0 Å².